The molecule has 4 heteroatoms. The summed E-state index contributed by atoms with van der Waals surface area (Å²) >= 11 is 0. The quantitative estimate of drug-likeness (QED) is 0.841. The van der Waals surface area contributed by atoms with Crippen LogP contribution in [0.15, 0.2) is 12.5 Å². The minimum absolute atomic E-state index is 0.339. The predicted molar refractivity (Wildman–Crippen MR) is 74.3 cm³/mol. The van der Waals surface area contributed by atoms with Crippen molar-refractivity contribution in [3.05, 3.63) is 18.2 Å². The van der Waals surface area contributed by atoms with Crippen molar-refractivity contribution >= 4 is 0 Å². The topological polar surface area (TPSA) is 47.1 Å². The highest BCUT2D eigenvalue weighted by Crippen LogP contribution is 2.30. The smallest absolute Gasteiger partial charge is 0.0948 e. The van der Waals surface area contributed by atoms with Crippen molar-refractivity contribution in [2.24, 2.45) is 5.73 Å². The SMILES string of the molecule is CCCn1cncc1C(CN)N1CCCC1CC. The van der Waals surface area contributed by atoms with Gasteiger partial charge in [-0.2, -0.15) is 0 Å². The Bertz CT molecular complexity index is 360. The lowest BCUT2D eigenvalue weighted by molar-refractivity contribution is 0.173. The Morgan fingerprint density at radius 1 is 1.50 bits per heavy atom. The van der Waals surface area contributed by atoms with Crippen molar-refractivity contribution in [3.63, 3.8) is 0 Å². The highest BCUT2D eigenvalue weighted by molar-refractivity contribution is 5.08. The maximum Gasteiger partial charge on any atom is 0.0948 e. The van der Waals surface area contributed by atoms with E-state index in [0.29, 0.717) is 18.6 Å². The molecule has 0 aromatic carbocycles. The first-order chi connectivity index (χ1) is 8.81. The molecule has 0 saturated carbocycles. The average Bonchev–Trinajstić information content (AvgIpc) is 3.01. The summed E-state index contributed by atoms with van der Waals surface area (Å²) < 4.78 is 2.27. The van der Waals surface area contributed by atoms with Gasteiger partial charge in [0.05, 0.1) is 18.1 Å². The van der Waals surface area contributed by atoms with Crippen LogP contribution >= 0.6 is 0 Å². The van der Waals surface area contributed by atoms with Crippen molar-refractivity contribution in [1.29, 1.82) is 0 Å². The van der Waals surface area contributed by atoms with Crippen LogP contribution in [-0.4, -0.2) is 33.6 Å². The lowest BCUT2D eigenvalue weighted by Gasteiger charge is -2.32. The third-order valence-electron chi connectivity index (χ3n) is 4.07. The fraction of sp³-hybridized carbons (Fsp3) is 0.786. The van der Waals surface area contributed by atoms with E-state index in [1.807, 2.05) is 12.5 Å². The summed E-state index contributed by atoms with van der Waals surface area (Å²) in [6.07, 6.45) is 8.92. The van der Waals surface area contributed by atoms with E-state index in [0.717, 1.165) is 13.0 Å². The third kappa shape index (κ3) is 2.59. The van der Waals surface area contributed by atoms with Crippen LogP contribution in [0.4, 0.5) is 0 Å². The lowest BCUT2D eigenvalue weighted by atomic mass is 10.1. The summed E-state index contributed by atoms with van der Waals surface area (Å²) in [5.41, 5.74) is 7.33. The fourth-order valence-electron chi connectivity index (χ4n) is 3.17. The molecule has 4 nitrogen and oxygen atoms in total. The van der Waals surface area contributed by atoms with Crippen LogP contribution in [0.2, 0.25) is 0 Å². The Morgan fingerprint density at radius 3 is 3.00 bits per heavy atom. The molecule has 0 spiro atoms. The molecule has 0 bridgehead atoms. The highest BCUT2D eigenvalue weighted by atomic mass is 15.2. The van der Waals surface area contributed by atoms with Gasteiger partial charge in [-0.25, -0.2) is 4.98 Å². The maximum absolute atomic E-state index is 6.04. The van der Waals surface area contributed by atoms with Gasteiger partial charge in [-0.1, -0.05) is 13.8 Å². The summed E-state index contributed by atoms with van der Waals surface area (Å²) in [6, 6.07) is 1.04. The normalized spacial score (nSPS) is 22.5. The van der Waals surface area contributed by atoms with E-state index in [-0.39, 0.29) is 0 Å². The summed E-state index contributed by atoms with van der Waals surface area (Å²) in [5.74, 6) is 0. The van der Waals surface area contributed by atoms with Crippen LogP contribution in [0.5, 0.6) is 0 Å². The second-order valence-corrected chi connectivity index (χ2v) is 5.21. The van der Waals surface area contributed by atoms with Crippen molar-refractivity contribution in [3.8, 4) is 0 Å². The third-order valence-corrected chi connectivity index (χ3v) is 4.07. The zero-order valence-corrected chi connectivity index (χ0v) is 11.7. The molecule has 1 aliphatic heterocycles. The molecule has 1 aromatic rings. The molecule has 2 rings (SSSR count). The zero-order chi connectivity index (χ0) is 13.0. The summed E-state index contributed by atoms with van der Waals surface area (Å²) in [5, 5.41) is 0. The van der Waals surface area contributed by atoms with E-state index in [2.05, 4.69) is 28.3 Å². The van der Waals surface area contributed by atoms with Crippen LogP contribution < -0.4 is 5.73 Å². The Balaban J connectivity index is 2.19. The van der Waals surface area contributed by atoms with E-state index >= 15 is 0 Å². The number of nitrogens with zero attached hydrogens (tertiary/aromatic N) is 3. The van der Waals surface area contributed by atoms with E-state index < -0.39 is 0 Å². The molecule has 102 valence electrons. The van der Waals surface area contributed by atoms with Crippen LogP contribution in [0.3, 0.4) is 0 Å². The minimum atomic E-state index is 0.339. The fourth-order valence-corrected chi connectivity index (χ4v) is 3.17. The highest BCUT2D eigenvalue weighted by Gasteiger charge is 2.31. The number of nitrogens with two attached hydrogens (primary N) is 1. The molecule has 1 aliphatic rings. The van der Waals surface area contributed by atoms with Crippen molar-refractivity contribution in [1.82, 2.24) is 14.5 Å². The molecule has 2 atom stereocenters. The molecule has 1 fully saturated rings. The van der Waals surface area contributed by atoms with Crippen molar-refractivity contribution in [2.45, 2.75) is 58.2 Å². The van der Waals surface area contributed by atoms with E-state index in [9.17, 15) is 0 Å². The van der Waals surface area contributed by atoms with Gasteiger partial charge in [0.2, 0.25) is 0 Å². The molecule has 2 unspecified atom stereocenters. The van der Waals surface area contributed by atoms with Crippen LogP contribution in [0, 0.1) is 0 Å². The van der Waals surface area contributed by atoms with Gasteiger partial charge in [-0.3, -0.25) is 4.90 Å². The molecule has 2 heterocycles. The van der Waals surface area contributed by atoms with Gasteiger partial charge in [0.15, 0.2) is 0 Å². The lowest BCUT2D eigenvalue weighted by Crippen LogP contribution is -2.38. The molecule has 1 aromatic heterocycles. The standard InChI is InChI=1S/C14H26N4/c1-3-7-17-11-16-10-14(17)13(9-15)18-8-5-6-12(18)4-2/h10-13H,3-9,15H2,1-2H3. The first-order valence-corrected chi connectivity index (χ1v) is 7.27. The Hall–Kier alpha value is -0.870. The average molecular weight is 250 g/mol. The van der Waals surface area contributed by atoms with E-state index in [1.165, 1.54) is 31.5 Å². The minimum Gasteiger partial charge on any atom is -0.333 e. The summed E-state index contributed by atoms with van der Waals surface area (Å²) in [7, 11) is 0. The van der Waals surface area contributed by atoms with Crippen LogP contribution in [0.1, 0.15) is 51.3 Å². The van der Waals surface area contributed by atoms with E-state index in [4.69, 9.17) is 5.73 Å². The molecular weight excluding hydrogens is 224 g/mol. The largest absolute Gasteiger partial charge is 0.333 e. The van der Waals surface area contributed by atoms with Gasteiger partial charge >= 0.3 is 0 Å². The zero-order valence-electron chi connectivity index (χ0n) is 11.7. The molecule has 0 amide bonds. The Morgan fingerprint density at radius 2 is 2.33 bits per heavy atom. The second kappa shape index (κ2) is 6.34. The number of rotatable bonds is 6. The number of hydrogen-bond acceptors (Lipinski definition) is 3. The van der Waals surface area contributed by atoms with Gasteiger partial charge in [0.1, 0.15) is 0 Å². The molecule has 18 heavy (non-hydrogen) atoms. The number of aromatic nitrogens is 2. The van der Waals surface area contributed by atoms with Gasteiger partial charge in [0.25, 0.3) is 0 Å². The van der Waals surface area contributed by atoms with E-state index in [1.54, 1.807) is 0 Å². The Labute approximate surface area is 110 Å². The molecular formula is C14H26N4. The molecule has 0 aliphatic carbocycles. The maximum atomic E-state index is 6.04. The molecule has 2 N–H and O–H groups in total. The van der Waals surface area contributed by atoms with Crippen LogP contribution in [-0.2, 0) is 6.54 Å². The first-order valence-electron chi connectivity index (χ1n) is 7.27. The van der Waals surface area contributed by atoms with Gasteiger partial charge < -0.3 is 10.3 Å². The number of aryl methyl sites for hydroxylation is 1. The summed E-state index contributed by atoms with van der Waals surface area (Å²) in [4.78, 5) is 6.90. The van der Waals surface area contributed by atoms with Crippen molar-refractivity contribution < 1.29 is 0 Å². The second-order valence-electron chi connectivity index (χ2n) is 5.21. The monoisotopic (exact) mass is 250 g/mol. The number of imidazole rings is 1. The van der Waals surface area contributed by atoms with Gasteiger partial charge in [0, 0.05) is 25.3 Å². The molecule has 1 saturated heterocycles. The number of likely N-dealkylation sites (tertiary alicyclic amines) is 1. The van der Waals surface area contributed by atoms with Gasteiger partial charge in [-0.05, 0) is 32.2 Å². The van der Waals surface area contributed by atoms with Gasteiger partial charge in [-0.15, -0.1) is 0 Å². The molecule has 0 radical (unpaired) electrons. The first kappa shape index (κ1) is 13.6. The summed E-state index contributed by atoms with van der Waals surface area (Å²) in [6.45, 7) is 7.38. The van der Waals surface area contributed by atoms with Crippen molar-refractivity contribution in [2.75, 3.05) is 13.1 Å². The van der Waals surface area contributed by atoms with Crippen LogP contribution in [0.25, 0.3) is 0 Å². The number of hydrogen-bond donors (Lipinski definition) is 1. The Kier molecular flexibility index (Phi) is 4.78. The predicted octanol–water partition coefficient (Wildman–Crippen LogP) is 2.17.